The lowest BCUT2D eigenvalue weighted by molar-refractivity contribution is -0.274. The van der Waals surface area contributed by atoms with E-state index < -0.39 is 24.0 Å². The number of halogens is 4. The van der Waals surface area contributed by atoms with Crippen molar-refractivity contribution < 1.29 is 36.6 Å². The molecule has 178 valence electrons. The molecule has 7 nitrogen and oxygen atoms in total. The molecular formula is C21H27F4N3O4. The number of ether oxygens (including phenoxy) is 2. The Kier molecular flexibility index (Phi) is 7.47. The molecule has 3 amide bonds. The number of piperidine rings is 1. The average molecular weight is 461 g/mol. The number of hydrogen-bond donors (Lipinski definition) is 1. The summed E-state index contributed by atoms with van der Waals surface area (Å²) in [6.07, 6.45) is -2.55. The maximum atomic E-state index is 14.2. The van der Waals surface area contributed by atoms with Gasteiger partial charge in [-0.2, -0.15) is 0 Å². The van der Waals surface area contributed by atoms with Crippen molar-refractivity contribution in [2.75, 3.05) is 26.8 Å². The lowest BCUT2D eigenvalue weighted by Gasteiger charge is -2.42. The van der Waals surface area contributed by atoms with Gasteiger partial charge in [-0.15, -0.1) is 13.2 Å². The van der Waals surface area contributed by atoms with Gasteiger partial charge in [0.05, 0.1) is 12.6 Å². The fourth-order valence-electron chi connectivity index (χ4n) is 4.10. The number of benzene rings is 1. The minimum atomic E-state index is -4.92. The number of alkyl halides is 3. The molecule has 1 aliphatic carbocycles. The van der Waals surface area contributed by atoms with Crippen LogP contribution in [-0.2, 0) is 16.1 Å². The number of hydrogen-bond acceptors (Lipinski definition) is 4. The van der Waals surface area contributed by atoms with Crippen molar-refractivity contribution in [2.24, 2.45) is 5.92 Å². The zero-order chi connectivity index (χ0) is 23.5. The van der Waals surface area contributed by atoms with Gasteiger partial charge in [0, 0.05) is 57.3 Å². The fourth-order valence-corrected chi connectivity index (χ4v) is 4.10. The van der Waals surface area contributed by atoms with E-state index in [0.29, 0.717) is 32.2 Å². The van der Waals surface area contributed by atoms with Crippen molar-refractivity contribution in [2.45, 2.75) is 51.2 Å². The molecule has 0 aromatic heterocycles. The number of urea groups is 1. The van der Waals surface area contributed by atoms with Crippen LogP contribution in [0.25, 0.3) is 0 Å². The molecule has 0 spiro atoms. The second-order valence-electron chi connectivity index (χ2n) is 8.23. The van der Waals surface area contributed by atoms with Crippen LogP contribution in [0.5, 0.6) is 5.75 Å². The number of nitrogens with zero attached hydrogens (tertiary/aromatic N) is 2. The van der Waals surface area contributed by atoms with Gasteiger partial charge in [-0.1, -0.05) is 6.07 Å². The first kappa shape index (κ1) is 24.1. The summed E-state index contributed by atoms with van der Waals surface area (Å²) in [5, 5.41) is 2.67. The Balaban J connectivity index is 1.66. The summed E-state index contributed by atoms with van der Waals surface area (Å²) in [5.74, 6) is -1.56. The first-order chi connectivity index (χ1) is 15.1. The maximum Gasteiger partial charge on any atom is 0.573 e. The molecule has 0 bridgehead atoms. The van der Waals surface area contributed by atoms with E-state index in [1.807, 2.05) is 0 Å². The average Bonchev–Trinajstić information content (AvgIpc) is 3.51. The number of rotatable bonds is 7. The quantitative estimate of drug-likeness (QED) is 0.633. The van der Waals surface area contributed by atoms with Crippen molar-refractivity contribution in [3.05, 3.63) is 29.6 Å². The number of carbonyl (C=O) groups excluding carboxylic acids is 2. The van der Waals surface area contributed by atoms with Gasteiger partial charge < -0.3 is 24.6 Å². The van der Waals surface area contributed by atoms with E-state index in [2.05, 4.69) is 10.1 Å². The largest absolute Gasteiger partial charge is 0.573 e. The van der Waals surface area contributed by atoms with Crippen LogP contribution in [0.1, 0.15) is 31.7 Å². The highest BCUT2D eigenvalue weighted by atomic mass is 19.4. The molecule has 0 unspecified atom stereocenters. The van der Waals surface area contributed by atoms with Crippen molar-refractivity contribution in [3.8, 4) is 5.75 Å². The Morgan fingerprint density at radius 2 is 1.94 bits per heavy atom. The van der Waals surface area contributed by atoms with Crippen LogP contribution in [0.3, 0.4) is 0 Å². The third-order valence-electron chi connectivity index (χ3n) is 5.62. The van der Waals surface area contributed by atoms with Gasteiger partial charge in [-0.3, -0.25) is 4.79 Å². The number of methoxy groups -OCH3 is 1. The van der Waals surface area contributed by atoms with Crippen molar-refractivity contribution in [1.29, 1.82) is 0 Å². The number of likely N-dealkylation sites (tertiary alicyclic amines) is 1. The van der Waals surface area contributed by atoms with Crippen LogP contribution < -0.4 is 10.1 Å². The third kappa shape index (κ3) is 6.47. The SMILES string of the molecule is COC[C@H]1C[C@@H](N(C(=O)NCc2ccc(OC(F)(F)F)cc2F)C2CC2)CN(C(C)=O)C1. The molecule has 2 atom stereocenters. The molecule has 11 heteroatoms. The number of amides is 3. The molecule has 1 heterocycles. The fraction of sp³-hybridized carbons (Fsp3) is 0.619. The van der Waals surface area contributed by atoms with E-state index in [4.69, 9.17) is 4.74 Å². The number of nitrogens with one attached hydrogen (secondary N) is 1. The second kappa shape index (κ2) is 9.93. The van der Waals surface area contributed by atoms with Gasteiger partial charge in [0.25, 0.3) is 0 Å². The van der Waals surface area contributed by atoms with E-state index in [-0.39, 0.29) is 36.0 Å². The van der Waals surface area contributed by atoms with Crippen LogP contribution in [0, 0.1) is 11.7 Å². The van der Waals surface area contributed by atoms with E-state index in [1.165, 1.54) is 6.92 Å². The van der Waals surface area contributed by atoms with Crippen LogP contribution in [-0.4, -0.2) is 67.0 Å². The van der Waals surface area contributed by atoms with Gasteiger partial charge in [0.15, 0.2) is 0 Å². The van der Waals surface area contributed by atoms with Gasteiger partial charge in [0.1, 0.15) is 11.6 Å². The molecule has 2 fully saturated rings. The molecule has 1 saturated heterocycles. The normalized spacial score (nSPS) is 21.2. The molecule has 1 N–H and O–H groups in total. The predicted octanol–water partition coefficient (Wildman–Crippen LogP) is 3.28. The summed E-state index contributed by atoms with van der Waals surface area (Å²) < 4.78 is 60.0. The lowest BCUT2D eigenvalue weighted by atomic mass is 9.93. The van der Waals surface area contributed by atoms with Crippen molar-refractivity contribution in [3.63, 3.8) is 0 Å². The van der Waals surface area contributed by atoms with Crippen LogP contribution >= 0.6 is 0 Å². The highest BCUT2D eigenvalue weighted by Crippen LogP contribution is 2.33. The topological polar surface area (TPSA) is 71.1 Å². The van der Waals surface area contributed by atoms with E-state index in [1.54, 1.807) is 16.9 Å². The van der Waals surface area contributed by atoms with Crippen LogP contribution in [0.2, 0.25) is 0 Å². The molecular weight excluding hydrogens is 434 g/mol. The zero-order valence-electron chi connectivity index (χ0n) is 18.0. The Hall–Kier alpha value is -2.56. The highest BCUT2D eigenvalue weighted by Gasteiger charge is 2.41. The Morgan fingerprint density at radius 3 is 2.50 bits per heavy atom. The van der Waals surface area contributed by atoms with E-state index in [9.17, 15) is 27.2 Å². The Morgan fingerprint density at radius 1 is 1.22 bits per heavy atom. The minimum Gasteiger partial charge on any atom is -0.406 e. The summed E-state index contributed by atoms with van der Waals surface area (Å²) in [6, 6.07) is 2.22. The van der Waals surface area contributed by atoms with Crippen LogP contribution in [0.15, 0.2) is 18.2 Å². The third-order valence-corrected chi connectivity index (χ3v) is 5.62. The monoisotopic (exact) mass is 461 g/mol. The molecule has 1 saturated carbocycles. The molecule has 3 rings (SSSR count). The Labute approximate surface area is 183 Å². The molecule has 1 aliphatic heterocycles. The summed E-state index contributed by atoms with van der Waals surface area (Å²) in [7, 11) is 1.59. The second-order valence-corrected chi connectivity index (χ2v) is 8.23. The predicted molar refractivity (Wildman–Crippen MR) is 106 cm³/mol. The van der Waals surface area contributed by atoms with Crippen molar-refractivity contribution in [1.82, 2.24) is 15.1 Å². The minimum absolute atomic E-state index is 0.0369. The van der Waals surface area contributed by atoms with Gasteiger partial charge in [0.2, 0.25) is 5.91 Å². The van der Waals surface area contributed by atoms with E-state index >= 15 is 0 Å². The number of carbonyl (C=O) groups is 2. The molecule has 1 aromatic rings. The lowest BCUT2D eigenvalue weighted by Crippen LogP contribution is -2.57. The van der Waals surface area contributed by atoms with Gasteiger partial charge in [-0.05, 0) is 25.3 Å². The van der Waals surface area contributed by atoms with Gasteiger partial charge in [-0.25, -0.2) is 9.18 Å². The molecule has 2 aliphatic rings. The summed E-state index contributed by atoms with van der Waals surface area (Å²) in [5.41, 5.74) is 0.0369. The zero-order valence-corrected chi connectivity index (χ0v) is 18.0. The Bertz CT molecular complexity index is 832. The van der Waals surface area contributed by atoms with Crippen LogP contribution in [0.4, 0.5) is 22.4 Å². The maximum absolute atomic E-state index is 14.2. The highest BCUT2D eigenvalue weighted by molar-refractivity contribution is 5.76. The molecule has 32 heavy (non-hydrogen) atoms. The first-order valence-electron chi connectivity index (χ1n) is 10.4. The van der Waals surface area contributed by atoms with Crippen molar-refractivity contribution >= 4 is 11.9 Å². The van der Waals surface area contributed by atoms with E-state index in [0.717, 1.165) is 25.0 Å². The summed E-state index contributed by atoms with van der Waals surface area (Å²) >= 11 is 0. The van der Waals surface area contributed by atoms with Gasteiger partial charge >= 0.3 is 12.4 Å². The molecule has 0 radical (unpaired) electrons. The first-order valence-corrected chi connectivity index (χ1v) is 10.4. The standard InChI is InChI=1S/C21H27F4N3O4/c1-13(29)27-10-14(12-31-2)7-17(11-27)28(16-4-5-16)20(30)26-9-15-3-6-18(8-19(15)22)32-21(23,24)25/h3,6,8,14,16-17H,4-5,7,9-12H2,1-2H3,(H,26,30)/t14-,17+/m0/s1. The summed E-state index contributed by atoms with van der Waals surface area (Å²) in [6.45, 7) is 2.75. The smallest absolute Gasteiger partial charge is 0.406 e. The molecule has 1 aromatic carbocycles. The summed E-state index contributed by atoms with van der Waals surface area (Å²) in [4.78, 5) is 28.4.